The van der Waals surface area contributed by atoms with Crippen molar-refractivity contribution in [2.75, 3.05) is 0 Å². The van der Waals surface area contributed by atoms with Gasteiger partial charge in [0.2, 0.25) is 0 Å². The van der Waals surface area contributed by atoms with Gasteiger partial charge in [-0.2, -0.15) is 0 Å². The van der Waals surface area contributed by atoms with Gasteiger partial charge in [0.1, 0.15) is 5.60 Å². The Labute approximate surface area is 146 Å². The fraction of sp³-hybridized carbons (Fsp3) is 0.381. The molecule has 24 heavy (non-hydrogen) atoms. The maximum Gasteiger partial charge on any atom is 0.306 e. The molecule has 0 saturated carbocycles. The minimum Gasteiger partial charge on any atom is -0.460 e. The molecule has 0 amide bonds. The molecule has 0 aliphatic heterocycles. The number of benzene rings is 2. The van der Waals surface area contributed by atoms with Crippen LogP contribution in [0, 0.1) is 0 Å². The third kappa shape index (κ3) is 4.81. The number of carbonyl (C=O) groups excluding carboxylic acids is 1. The van der Waals surface area contributed by atoms with E-state index in [1.54, 1.807) is 0 Å². The van der Waals surface area contributed by atoms with E-state index in [0.29, 0.717) is 6.42 Å². The van der Waals surface area contributed by atoms with Crippen LogP contribution < -0.4 is 5.19 Å². The minimum atomic E-state index is -1.89. The molecule has 0 aliphatic carbocycles. The number of hydrogen-bond donors (Lipinski definition) is 0. The second-order valence-corrected chi connectivity index (χ2v) is 12.6. The van der Waals surface area contributed by atoms with Crippen LogP contribution in [0.4, 0.5) is 0 Å². The van der Waals surface area contributed by atoms with E-state index in [2.05, 4.69) is 49.5 Å². The number of hydrogen-bond acceptors (Lipinski definition) is 2. The fourth-order valence-electron chi connectivity index (χ4n) is 3.09. The van der Waals surface area contributed by atoms with E-state index in [9.17, 15) is 4.79 Å². The summed E-state index contributed by atoms with van der Waals surface area (Å²) in [5, 5.41) is 1.36. The summed E-state index contributed by atoms with van der Waals surface area (Å²) in [5.41, 5.74) is 0.969. The monoisotopic (exact) mass is 340 g/mol. The van der Waals surface area contributed by atoms with E-state index < -0.39 is 13.7 Å². The van der Waals surface area contributed by atoms with Crippen LogP contribution in [0.1, 0.15) is 38.3 Å². The summed E-state index contributed by atoms with van der Waals surface area (Å²) < 4.78 is 5.60. The van der Waals surface area contributed by atoms with Crippen molar-refractivity contribution in [3.05, 3.63) is 66.2 Å². The number of ether oxygens (including phenoxy) is 1. The maximum absolute atomic E-state index is 12.5. The maximum atomic E-state index is 12.5. The van der Waals surface area contributed by atoms with Crippen molar-refractivity contribution in [2.45, 2.75) is 51.4 Å². The van der Waals surface area contributed by atoms with Crippen molar-refractivity contribution >= 4 is 19.2 Å². The van der Waals surface area contributed by atoms with Gasteiger partial charge in [-0.25, -0.2) is 0 Å². The zero-order chi connectivity index (χ0) is 17.8. The average molecular weight is 341 g/mol. The quantitative estimate of drug-likeness (QED) is 0.585. The SMILES string of the molecule is CC(C)(C)OC(=O)CC(c1ccccc1)[Si](C)(C)c1ccccc1. The molecule has 0 fully saturated rings. The molecule has 0 saturated heterocycles. The first-order valence-electron chi connectivity index (χ1n) is 8.52. The Bertz CT molecular complexity index is 657. The lowest BCUT2D eigenvalue weighted by Crippen LogP contribution is -2.48. The highest BCUT2D eigenvalue weighted by Gasteiger charge is 2.37. The van der Waals surface area contributed by atoms with Crippen LogP contribution in [0.25, 0.3) is 0 Å². The first-order valence-corrected chi connectivity index (χ1v) is 11.6. The molecule has 1 unspecified atom stereocenters. The zero-order valence-corrected chi connectivity index (χ0v) is 16.4. The predicted octanol–water partition coefficient (Wildman–Crippen LogP) is 4.66. The van der Waals surface area contributed by atoms with Gasteiger partial charge in [-0.05, 0) is 31.9 Å². The molecule has 3 heteroatoms. The third-order valence-electron chi connectivity index (χ3n) is 4.38. The molecule has 0 aromatic heterocycles. The summed E-state index contributed by atoms with van der Waals surface area (Å²) in [6, 6.07) is 21.0. The van der Waals surface area contributed by atoms with E-state index in [-0.39, 0.29) is 11.5 Å². The second-order valence-electron chi connectivity index (χ2n) is 7.84. The van der Waals surface area contributed by atoms with Crippen LogP contribution >= 0.6 is 0 Å². The Kier molecular flexibility index (Phi) is 5.65. The van der Waals surface area contributed by atoms with Crippen molar-refractivity contribution in [2.24, 2.45) is 0 Å². The predicted molar refractivity (Wildman–Crippen MR) is 103 cm³/mol. The molecule has 0 spiro atoms. The van der Waals surface area contributed by atoms with Crippen molar-refractivity contribution in [3.8, 4) is 0 Å². The Hall–Kier alpha value is -1.87. The topological polar surface area (TPSA) is 26.3 Å². The van der Waals surface area contributed by atoms with Crippen molar-refractivity contribution < 1.29 is 9.53 Å². The number of carbonyl (C=O) groups is 1. The molecule has 0 bridgehead atoms. The lowest BCUT2D eigenvalue weighted by atomic mass is 10.1. The van der Waals surface area contributed by atoms with Gasteiger partial charge in [0.15, 0.2) is 0 Å². The number of rotatable bonds is 5. The third-order valence-corrected chi connectivity index (χ3v) is 8.48. The largest absolute Gasteiger partial charge is 0.460 e. The normalized spacial score (nSPS) is 13.4. The van der Waals surface area contributed by atoms with Crippen molar-refractivity contribution in [3.63, 3.8) is 0 Å². The molecule has 2 nitrogen and oxygen atoms in total. The standard InChI is InChI=1S/C21H28O2Si/c1-21(2,3)23-20(22)16-19(17-12-8-6-9-13-17)24(4,5)18-14-10-7-11-15-18/h6-15,19H,16H2,1-5H3. The van der Waals surface area contributed by atoms with Crippen LogP contribution in [0.2, 0.25) is 13.1 Å². The van der Waals surface area contributed by atoms with Crippen LogP contribution in [0.3, 0.4) is 0 Å². The van der Waals surface area contributed by atoms with Gasteiger partial charge in [-0.1, -0.05) is 78.9 Å². The molecule has 128 valence electrons. The van der Waals surface area contributed by atoms with E-state index in [1.165, 1.54) is 10.8 Å². The molecular formula is C21H28O2Si. The Morgan fingerprint density at radius 3 is 1.96 bits per heavy atom. The molecule has 0 heterocycles. The van der Waals surface area contributed by atoms with Gasteiger partial charge in [0, 0.05) is 0 Å². The van der Waals surface area contributed by atoms with E-state index >= 15 is 0 Å². The van der Waals surface area contributed by atoms with E-state index in [4.69, 9.17) is 4.74 Å². The van der Waals surface area contributed by atoms with Gasteiger partial charge in [0.25, 0.3) is 0 Å². The first kappa shape index (κ1) is 18.5. The van der Waals surface area contributed by atoms with Crippen LogP contribution in [0.15, 0.2) is 60.7 Å². The minimum absolute atomic E-state index is 0.118. The zero-order valence-electron chi connectivity index (χ0n) is 15.4. The van der Waals surface area contributed by atoms with Gasteiger partial charge < -0.3 is 4.74 Å². The molecule has 2 aromatic carbocycles. The lowest BCUT2D eigenvalue weighted by molar-refractivity contribution is -0.154. The Morgan fingerprint density at radius 1 is 0.958 bits per heavy atom. The molecule has 0 N–H and O–H groups in total. The molecule has 0 aliphatic rings. The highest BCUT2D eigenvalue weighted by molar-refractivity contribution is 6.91. The summed E-state index contributed by atoms with van der Waals surface area (Å²) in [4.78, 5) is 12.5. The van der Waals surface area contributed by atoms with E-state index in [0.717, 1.165) is 0 Å². The van der Waals surface area contributed by atoms with Crippen molar-refractivity contribution in [1.82, 2.24) is 0 Å². The summed E-state index contributed by atoms with van der Waals surface area (Å²) in [6.45, 7) is 10.4. The fourth-order valence-corrected chi connectivity index (χ4v) is 6.25. The highest BCUT2D eigenvalue weighted by Crippen LogP contribution is 2.31. The Balaban J connectivity index is 2.35. The van der Waals surface area contributed by atoms with Gasteiger partial charge in [0.05, 0.1) is 14.5 Å². The van der Waals surface area contributed by atoms with Gasteiger partial charge in [-0.15, -0.1) is 0 Å². The molecular weight excluding hydrogens is 312 g/mol. The molecule has 2 rings (SSSR count). The molecule has 0 radical (unpaired) electrons. The first-order chi connectivity index (χ1) is 11.2. The number of esters is 1. The van der Waals surface area contributed by atoms with Crippen LogP contribution in [-0.4, -0.2) is 19.6 Å². The Morgan fingerprint density at radius 2 is 1.46 bits per heavy atom. The van der Waals surface area contributed by atoms with Crippen LogP contribution in [-0.2, 0) is 9.53 Å². The van der Waals surface area contributed by atoms with Gasteiger partial charge >= 0.3 is 5.97 Å². The smallest absolute Gasteiger partial charge is 0.306 e. The summed E-state index contributed by atoms with van der Waals surface area (Å²) in [6.07, 6.45) is 0.426. The summed E-state index contributed by atoms with van der Waals surface area (Å²) >= 11 is 0. The van der Waals surface area contributed by atoms with Crippen molar-refractivity contribution in [1.29, 1.82) is 0 Å². The average Bonchev–Trinajstić information content (AvgIpc) is 2.52. The highest BCUT2D eigenvalue weighted by atomic mass is 28.3. The molecule has 2 aromatic rings. The lowest BCUT2D eigenvalue weighted by Gasteiger charge is -2.34. The summed E-state index contributed by atoms with van der Waals surface area (Å²) in [5.74, 6) is -0.118. The second kappa shape index (κ2) is 7.35. The van der Waals surface area contributed by atoms with Gasteiger partial charge in [-0.3, -0.25) is 4.79 Å². The van der Waals surface area contributed by atoms with E-state index in [1.807, 2.05) is 45.0 Å². The summed E-state index contributed by atoms with van der Waals surface area (Å²) in [7, 11) is -1.89. The van der Waals surface area contributed by atoms with Crippen LogP contribution in [0.5, 0.6) is 0 Å². The molecule has 1 atom stereocenters.